The number of likely N-dealkylation sites (N-methyl/N-ethyl adjacent to an activating group) is 1. The van der Waals surface area contributed by atoms with Crippen LogP contribution in [0.15, 0.2) is 47.4 Å². The molecule has 0 saturated carbocycles. The Hall–Kier alpha value is -2.24. The number of rotatable bonds is 8. The van der Waals surface area contributed by atoms with Gasteiger partial charge < -0.3 is 9.64 Å². The molecule has 0 radical (unpaired) electrons. The van der Waals surface area contributed by atoms with E-state index in [0.29, 0.717) is 60.0 Å². The average Bonchev–Trinajstić information content (AvgIpc) is 3.27. The summed E-state index contributed by atoms with van der Waals surface area (Å²) in [5.41, 5.74) is 1.13. The van der Waals surface area contributed by atoms with E-state index in [4.69, 9.17) is 9.72 Å². The van der Waals surface area contributed by atoms with Crippen LogP contribution in [0.5, 0.6) is 5.75 Å². The Balaban J connectivity index is 0.00000380. The van der Waals surface area contributed by atoms with Gasteiger partial charge in [-0.15, -0.1) is 12.4 Å². The lowest BCUT2D eigenvalue weighted by atomic mass is 9.94. The normalized spacial score (nSPS) is 18.5. The zero-order chi connectivity index (χ0) is 26.0. The van der Waals surface area contributed by atoms with E-state index < -0.39 is 10.0 Å². The molecule has 2 aromatic carbocycles. The Bertz CT molecular complexity index is 1320. The second-order valence-corrected chi connectivity index (χ2v) is 12.8. The Morgan fingerprint density at radius 2 is 1.73 bits per heavy atom. The first-order valence-electron chi connectivity index (χ1n) is 12.1. The number of carbonyl (C=O) groups is 1. The SMILES string of the molecule is COc1cccc2sc(N(CCN(C)C)C(=O)c3ccc(S(=O)(=O)N4CC(C)CC(C)C4)cc3)nc12.Cl. The molecule has 1 aliphatic heterocycles. The number of piperidine rings is 1. The van der Waals surface area contributed by atoms with Crippen molar-refractivity contribution in [2.75, 3.05) is 52.3 Å². The molecule has 3 aromatic rings. The Morgan fingerprint density at radius 1 is 1.08 bits per heavy atom. The van der Waals surface area contributed by atoms with Gasteiger partial charge in [0.25, 0.3) is 5.91 Å². The zero-order valence-electron chi connectivity index (χ0n) is 21.9. The van der Waals surface area contributed by atoms with E-state index in [1.807, 2.05) is 37.2 Å². The molecule has 2 atom stereocenters. The Labute approximate surface area is 229 Å². The highest BCUT2D eigenvalue weighted by atomic mass is 35.5. The minimum Gasteiger partial charge on any atom is -0.494 e. The molecule has 11 heteroatoms. The van der Waals surface area contributed by atoms with Gasteiger partial charge in [-0.05, 0) is 68.8 Å². The van der Waals surface area contributed by atoms with Crippen LogP contribution in [0, 0.1) is 11.8 Å². The summed E-state index contributed by atoms with van der Waals surface area (Å²) in [5.74, 6) is 1.08. The van der Waals surface area contributed by atoms with Crippen LogP contribution in [0.3, 0.4) is 0 Å². The van der Waals surface area contributed by atoms with Crippen molar-refractivity contribution in [2.45, 2.75) is 25.2 Å². The van der Waals surface area contributed by atoms with Gasteiger partial charge in [0.2, 0.25) is 10.0 Å². The molecule has 2 heterocycles. The first-order valence-corrected chi connectivity index (χ1v) is 14.4. The van der Waals surface area contributed by atoms with Crippen LogP contribution in [0.2, 0.25) is 0 Å². The topological polar surface area (TPSA) is 83.0 Å². The van der Waals surface area contributed by atoms with Gasteiger partial charge in [0, 0.05) is 31.7 Å². The maximum Gasteiger partial charge on any atom is 0.260 e. The second kappa shape index (κ2) is 12.1. The number of methoxy groups -OCH3 is 1. The van der Waals surface area contributed by atoms with Crippen molar-refractivity contribution in [1.82, 2.24) is 14.2 Å². The predicted octanol–water partition coefficient (Wildman–Crippen LogP) is 4.60. The smallest absolute Gasteiger partial charge is 0.260 e. The lowest BCUT2D eigenvalue weighted by molar-refractivity contribution is 0.0985. The highest BCUT2D eigenvalue weighted by Gasteiger charge is 2.32. The molecule has 1 aromatic heterocycles. The minimum absolute atomic E-state index is 0. The van der Waals surface area contributed by atoms with Crippen molar-refractivity contribution in [2.24, 2.45) is 11.8 Å². The molecule has 202 valence electrons. The summed E-state index contributed by atoms with van der Waals surface area (Å²) in [6.07, 6.45) is 1.03. The number of ether oxygens (including phenoxy) is 1. The van der Waals surface area contributed by atoms with E-state index in [-0.39, 0.29) is 23.2 Å². The van der Waals surface area contributed by atoms with Crippen LogP contribution >= 0.6 is 23.7 Å². The number of anilines is 1. The highest BCUT2D eigenvalue weighted by Crippen LogP contribution is 2.35. The third kappa shape index (κ3) is 6.43. The van der Waals surface area contributed by atoms with Gasteiger partial charge in [-0.25, -0.2) is 13.4 Å². The molecule has 1 amide bonds. The fraction of sp³-hybridized carbons (Fsp3) is 0.462. The summed E-state index contributed by atoms with van der Waals surface area (Å²) in [5, 5.41) is 0.578. The van der Waals surface area contributed by atoms with Crippen molar-refractivity contribution in [3.05, 3.63) is 48.0 Å². The zero-order valence-corrected chi connectivity index (χ0v) is 24.3. The number of halogens is 1. The number of sulfonamides is 1. The summed E-state index contributed by atoms with van der Waals surface area (Å²) in [4.78, 5) is 22.2. The Kier molecular flexibility index (Phi) is 9.57. The van der Waals surface area contributed by atoms with Gasteiger partial charge in [0.15, 0.2) is 5.13 Å². The van der Waals surface area contributed by atoms with E-state index in [0.717, 1.165) is 11.1 Å². The molecule has 2 unspecified atom stereocenters. The maximum atomic E-state index is 13.6. The standard InChI is InChI=1S/C26H34N4O4S2.ClH/c1-18-15-19(2)17-29(16-18)36(32,33)21-11-9-20(10-12-21)25(31)30(14-13-28(3)4)26-27-24-22(34-5)7-6-8-23(24)35-26;/h6-12,18-19H,13-17H2,1-5H3;1H. The largest absolute Gasteiger partial charge is 0.494 e. The van der Waals surface area contributed by atoms with Crippen LogP contribution in [0.25, 0.3) is 10.2 Å². The van der Waals surface area contributed by atoms with E-state index >= 15 is 0 Å². The molecular formula is C26H35ClN4O4S2. The van der Waals surface area contributed by atoms with Crippen LogP contribution in [0.1, 0.15) is 30.6 Å². The first kappa shape index (κ1) is 29.3. The van der Waals surface area contributed by atoms with Crippen molar-refractivity contribution in [3.8, 4) is 5.75 Å². The molecule has 0 bridgehead atoms. The van der Waals surface area contributed by atoms with Gasteiger partial charge in [-0.1, -0.05) is 31.3 Å². The summed E-state index contributed by atoms with van der Waals surface area (Å²) in [6, 6.07) is 12.0. The van der Waals surface area contributed by atoms with Crippen LogP contribution in [-0.2, 0) is 10.0 Å². The number of amides is 1. The number of nitrogens with zero attached hydrogens (tertiary/aromatic N) is 4. The summed E-state index contributed by atoms with van der Waals surface area (Å²) in [6.45, 7) is 6.30. The molecule has 4 rings (SSSR count). The summed E-state index contributed by atoms with van der Waals surface area (Å²) < 4.78 is 34.5. The molecule has 1 aliphatic rings. The van der Waals surface area contributed by atoms with Gasteiger partial charge >= 0.3 is 0 Å². The molecule has 0 spiro atoms. The van der Waals surface area contributed by atoms with Crippen molar-refractivity contribution in [1.29, 1.82) is 0 Å². The van der Waals surface area contributed by atoms with E-state index in [9.17, 15) is 13.2 Å². The third-order valence-corrected chi connectivity index (χ3v) is 9.30. The maximum absolute atomic E-state index is 13.6. The van der Waals surface area contributed by atoms with Crippen LogP contribution < -0.4 is 9.64 Å². The lowest BCUT2D eigenvalue weighted by Crippen LogP contribution is -2.42. The van der Waals surface area contributed by atoms with Crippen LogP contribution in [0.4, 0.5) is 5.13 Å². The number of hydrogen-bond acceptors (Lipinski definition) is 7. The lowest BCUT2D eigenvalue weighted by Gasteiger charge is -2.34. The monoisotopic (exact) mass is 566 g/mol. The summed E-state index contributed by atoms with van der Waals surface area (Å²) >= 11 is 1.43. The van der Waals surface area contributed by atoms with E-state index in [1.54, 1.807) is 28.4 Å². The number of thiazole rings is 1. The number of para-hydroxylation sites is 1. The highest BCUT2D eigenvalue weighted by molar-refractivity contribution is 7.89. The van der Waals surface area contributed by atoms with Gasteiger partial charge in [0.05, 0.1) is 16.7 Å². The third-order valence-electron chi connectivity index (χ3n) is 6.41. The van der Waals surface area contributed by atoms with E-state index in [2.05, 4.69) is 13.8 Å². The van der Waals surface area contributed by atoms with E-state index in [1.165, 1.54) is 23.5 Å². The van der Waals surface area contributed by atoms with Crippen LogP contribution in [-0.4, -0.2) is 75.9 Å². The molecule has 0 N–H and O–H groups in total. The molecule has 8 nitrogen and oxygen atoms in total. The van der Waals surface area contributed by atoms with Gasteiger partial charge in [-0.2, -0.15) is 4.31 Å². The Morgan fingerprint density at radius 3 is 2.32 bits per heavy atom. The number of carbonyl (C=O) groups excluding carboxylic acids is 1. The molecule has 37 heavy (non-hydrogen) atoms. The minimum atomic E-state index is -3.61. The average molecular weight is 567 g/mol. The fourth-order valence-corrected chi connectivity index (χ4v) is 7.34. The quantitative estimate of drug-likeness (QED) is 0.396. The molecule has 1 saturated heterocycles. The van der Waals surface area contributed by atoms with Gasteiger partial charge in [-0.3, -0.25) is 9.69 Å². The fourth-order valence-electron chi connectivity index (χ4n) is 4.65. The number of aromatic nitrogens is 1. The summed E-state index contributed by atoms with van der Waals surface area (Å²) in [7, 11) is 1.89. The van der Waals surface area contributed by atoms with Crippen molar-refractivity contribution >= 4 is 55.0 Å². The predicted molar refractivity (Wildman–Crippen MR) is 152 cm³/mol. The molecular weight excluding hydrogens is 532 g/mol. The molecule has 1 fully saturated rings. The number of fused-ring (bicyclic) bond motifs is 1. The van der Waals surface area contributed by atoms with Crippen molar-refractivity contribution in [3.63, 3.8) is 0 Å². The molecule has 0 aliphatic carbocycles. The van der Waals surface area contributed by atoms with Crippen molar-refractivity contribution < 1.29 is 17.9 Å². The number of benzene rings is 2. The number of hydrogen-bond donors (Lipinski definition) is 0. The van der Waals surface area contributed by atoms with Gasteiger partial charge in [0.1, 0.15) is 11.3 Å². The second-order valence-electron chi connectivity index (χ2n) is 9.86. The first-order chi connectivity index (χ1) is 17.1.